The Balaban J connectivity index is 2.27. The highest BCUT2D eigenvalue weighted by Gasteiger charge is 2.30. The van der Waals surface area contributed by atoms with E-state index in [9.17, 15) is 22.7 Å². The minimum absolute atomic E-state index is 0.0715. The average Bonchev–Trinajstić information content (AvgIpc) is 2.56. The van der Waals surface area contributed by atoms with Gasteiger partial charge in [0, 0.05) is 18.2 Å². The SMILES string of the molecule is CC(C)[C@H](CO)NCc1nc(-c2cccc(C(F)(F)F)c2)ccc1F. The summed E-state index contributed by atoms with van der Waals surface area (Å²) in [6, 6.07) is 7.06. The zero-order chi connectivity index (χ0) is 18.6. The molecule has 1 aromatic carbocycles. The number of hydrogen-bond acceptors (Lipinski definition) is 3. The lowest BCUT2D eigenvalue weighted by molar-refractivity contribution is -0.137. The molecule has 0 aliphatic heterocycles. The van der Waals surface area contributed by atoms with Gasteiger partial charge in [0.15, 0.2) is 0 Å². The molecule has 1 heterocycles. The van der Waals surface area contributed by atoms with Gasteiger partial charge in [0.1, 0.15) is 5.82 Å². The standard InChI is InChI=1S/C18H20F4N2O/c1-11(2)17(10-25)23-9-16-14(19)6-7-15(24-16)12-4-3-5-13(8-12)18(20,21)22/h3-8,11,17,23,25H,9-10H2,1-2H3/t17-/m0/s1. The smallest absolute Gasteiger partial charge is 0.395 e. The lowest BCUT2D eigenvalue weighted by atomic mass is 10.1. The molecule has 0 saturated carbocycles. The molecule has 1 atom stereocenters. The quantitative estimate of drug-likeness (QED) is 0.769. The molecule has 3 nitrogen and oxygen atoms in total. The molecule has 1 aromatic heterocycles. The third-order valence-electron chi connectivity index (χ3n) is 3.94. The van der Waals surface area contributed by atoms with Gasteiger partial charge < -0.3 is 10.4 Å². The van der Waals surface area contributed by atoms with Gasteiger partial charge in [0.2, 0.25) is 0 Å². The van der Waals surface area contributed by atoms with Gasteiger partial charge in [-0.15, -0.1) is 0 Å². The van der Waals surface area contributed by atoms with Gasteiger partial charge >= 0.3 is 6.18 Å². The Labute approximate surface area is 143 Å². The summed E-state index contributed by atoms with van der Waals surface area (Å²) in [6.07, 6.45) is -4.45. The maximum absolute atomic E-state index is 14.0. The van der Waals surface area contributed by atoms with Crippen molar-refractivity contribution in [3.8, 4) is 11.3 Å². The van der Waals surface area contributed by atoms with Gasteiger partial charge in [0.25, 0.3) is 0 Å². The van der Waals surface area contributed by atoms with Crippen LogP contribution in [0.1, 0.15) is 25.1 Å². The summed E-state index contributed by atoms with van der Waals surface area (Å²) < 4.78 is 52.5. The molecule has 0 saturated heterocycles. The van der Waals surface area contributed by atoms with Crippen molar-refractivity contribution in [2.75, 3.05) is 6.61 Å². The molecule has 0 radical (unpaired) electrons. The maximum Gasteiger partial charge on any atom is 0.416 e. The van der Waals surface area contributed by atoms with Crippen molar-refractivity contribution in [1.82, 2.24) is 10.3 Å². The van der Waals surface area contributed by atoms with Gasteiger partial charge in [-0.2, -0.15) is 13.2 Å². The van der Waals surface area contributed by atoms with Crippen LogP contribution in [0.15, 0.2) is 36.4 Å². The molecule has 2 rings (SSSR count). The Morgan fingerprint density at radius 1 is 1.16 bits per heavy atom. The Bertz CT molecular complexity index is 716. The Kier molecular flexibility index (Phi) is 6.13. The second-order valence-electron chi connectivity index (χ2n) is 6.12. The molecule has 2 N–H and O–H groups in total. The summed E-state index contributed by atoms with van der Waals surface area (Å²) in [5.41, 5.74) is -0.169. The first-order chi connectivity index (χ1) is 11.7. The molecular formula is C18H20F4N2O. The minimum Gasteiger partial charge on any atom is -0.395 e. The molecule has 7 heteroatoms. The van der Waals surface area contributed by atoms with E-state index < -0.39 is 17.6 Å². The first-order valence-corrected chi connectivity index (χ1v) is 7.89. The van der Waals surface area contributed by atoms with E-state index in [-0.39, 0.29) is 42.1 Å². The van der Waals surface area contributed by atoms with Crippen LogP contribution in [-0.4, -0.2) is 22.7 Å². The topological polar surface area (TPSA) is 45.1 Å². The van der Waals surface area contributed by atoms with E-state index in [1.165, 1.54) is 24.3 Å². The third kappa shape index (κ3) is 4.99. The molecule has 0 spiro atoms. The first kappa shape index (κ1) is 19.3. The van der Waals surface area contributed by atoms with E-state index in [1.807, 2.05) is 13.8 Å². The fourth-order valence-electron chi connectivity index (χ4n) is 2.36. The Morgan fingerprint density at radius 3 is 2.48 bits per heavy atom. The Hall–Kier alpha value is -1.99. The third-order valence-corrected chi connectivity index (χ3v) is 3.94. The van der Waals surface area contributed by atoms with E-state index in [0.29, 0.717) is 0 Å². The fourth-order valence-corrected chi connectivity index (χ4v) is 2.36. The molecule has 0 amide bonds. The largest absolute Gasteiger partial charge is 0.416 e. The average molecular weight is 356 g/mol. The van der Waals surface area contributed by atoms with Gasteiger partial charge in [-0.3, -0.25) is 0 Å². The fraction of sp³-hybridized carbons (Fsp3) is 0.389. The number of nitrogens with one attached hydrogen (secondary N) is 1. The summed E-state index contributed by atoms with van der Waals surface area (Å²) in [5, 5.41) is 12.3. The number of aromatic nitrogens is 1. The zero-order valence-electron chi connectivity index (χ0n) is 13.9. The predicted octanol–water partition coefficient (Wildman–Crippen LogP) is 4.01. The highest BCUT2D eigenvalue weighted by molar-refractivity contribution is 5.60. The van der Waals surface area contributed by atoms with Crippen molar-refractivity contribution in [2.24, 2.45) is 5.92 Å². The van der Waals surface area contributed by atoms with Crippen LogP contribution in [0.5, 0.6) is 0 Å². The van der Waals surface area contributed by atoms with E-state index in [1.54, 1.807) is 0 Å². The summed E-state index contributed by atoms with van der Waals surface area (Å²) in [7, 11) is 0. The van der Waals surface area contributed by atoms with Crippen molar-refractivity contribution in [3.63, 3.8) is 0 Å². The molecular weight excluding hydrogens is 336 g/mol. The predicted molar refractivity (Wildman–Crippen MR) is 87.2 cm³/mol. The summed E-state index contributed by atoms with van der Waals surface area (Å²) in [4.78, 5) is 4.14. The van der Waals surface area contributed by atoms with Crippen molar-refractivity contribution >= 4 is 0 Å². The lowest BCUT2D eigenvalue weighted by Gasteiger charge is -2.20. The van der Waals surface area contributed by atoms with Crippen LogP contribution < -0.4 is 5.32 Å². The number of aliphatic hydroxyl groups is 1. The number of rotatable bonds is 6. The van der Waals surface area contributed by atoms with Gasteiger partial charge in [0.05, 0.1) is 23.6 Å². The molecule has 2 aromatic rings. The second-order valence-corrected chi connectivity index (χ2v) is 6.12. The molecule has 0 unspecified atom stereocenters. The van der Waals surface area contributed by atoms with Crippen LogP contribution in [0.3, 0.4) is 0 Å². The summed E-state index contributed by atoms with van der Waals surface area (Å²) in [5.74, 6) is -0.414. The van der Waals surface area contributed by atoms with Crippen molar-refractivity contribution in [2.45, 2.75) is 32.6 Å². The molecule has 136 valence electrons. The molecule has 0 bridgehead atoms. The summed E-state index contributed by atoms with van der Waals surface area (Å²) in [6.45, 7) is 3.79. The van der Waals surface area contributed by atoms with Crippen LogP contribution >= 0.6 is 0 Å². The number of nitrogens with zero attached hydrogens (tertiary/aromatic N) is 1. The monoisotopic (exact) mass is 356 g/mol. The van der Waals surface area contributed by atoms with Crippen LogP contribution in [0.4, 0.5) is 17.6 Å². The van der Waals surface area contributed by atoms with Crippen molar-refractivity contribution in [3.05, 3.63) is 53.5 Å². The molecule has 0 fully saturated rings. The summed E-state index contributed by atoms with van der Waals surface area (Å²) >= 11 is 0. The highest BCUT2D eigenvalue weighted by Crippen LogP contribution is 2.31. The van der Waals surface area contributed by atoms with Gasteiger partial charge in [-0.05, 0) is 30.2 Å². The van der Waals surface area contributed by atoms with E-state index in [4.69, 9.17) is 0 Å². The van der Waals surface area contributed by atoms with Gasteiger partial charge in [-0.25, -0.2) is 9.37 Å². The molecule has 0 aliphatic carbocycles. The van der Waals surface area contributed by atoms with E-state index in [2.05, 4.69) is 10.3 Å². The van der Waals surface area contributed by atoms with Gasteiger partial charge in [-0.1, -0.05) is 26.0 Å². The van der Waals surface area contributed by atoms with E-state index in [0.717, 1.165) is 12.1 Å². The number of aliphatic hydroxyl groups excluding tert-OH is 1. The van der Waals surface area contributed by atoms with Crippen LogP contribution in [0, 0.1) is 11.7 Å². The number of alkyl halides is 3. The maximum atomic E-state index is 14.0. The molecule has 0 aliphatic rings. The number of hydrogen-bond donors (Lipinski definition) is 2. The Morgan fingerprint density at radius 2 is 1.88 bits per heavy atom. The van der Waals surface area contributed by atoms with Crippen LogP contribution in [0.25, 0.3) is 11.3 Å². The van der Waals surface area contributed by atoms with Crippen molar-refractivity contribution < 1.29 is 22.7 Å². The number of pyridine rings is 1. The minimum atomic E-state index is -4.45. The molecule has 25 heavy (non-hydrogen) atoms. The second kappa shape index (κ2) is 7.93. The normalized spacial score (nSPS) is 13.3. The van der Waals surface area contributed by atoms with Crippen molar-refractivity contribution in [1.29, 1.82) is 0 Å². The zero-order valence-corrected chi connectivity index (χ0v) is 13.9. The highest BCUT2D eigenvalue weighted by atomic mass is 19.4. The van der Waals surface area contributed by atoms with E-state index >= 15 is 0 Å². The first-order valence-electron chi connectivity index (χ1n) is 7.89. The number of benzene rings is 1. The lowest BCUT2D eigenvalue weighted by Crippen LogP contribution is -2.36. The number of halogens is 4. The van der Waals surface area contributed by atoms with Crippen LogP contribution in [0.2, 0.25) is 0 Å². The van der Waals surface area contributed by atoms with Crippen LogP contribution in [-0.2, 0) is 12.7 Å².